The van der Waals surface area contributed by atoms with Gasteiger partial charge in [0.05, 0.1) is 6.04 Å². The first kappa shape index (κ1) is 9.19. The minimum atomic E-state index is 0.0196. The molecule has 4 nitrogen and oxygen atoms in total. The van der Waals surface area contributed by atoms with Crippen molar-refractivity contribution in [1.29, 1.82) is 0 Å². The lowest BCUT2D eigenvalue weighted by Gasteiger charge is -2.09. The minimum Gasteiger partial charge on any atom is -0.321 e. The Labute approximate surface area is 72.8 Å². The van der Waals surface area contributed by atoms with Gasteiger partial charge in [0.1, 0.15) is 11.6 Å². The number of aryl methyl sites for hydroxylation is 1. The molecule has 0 amide bonds. The van der Waals surface area contributed by atoms with Gasteiger partial charge >= 0.3 is 0 Å². The molecule has 0 saturated carbocycles. The largest absolute Gasteiger partial charge is 0.321 e. The SMILES string of the molecule is CC[C@H](N)c1nnc(C)n1CC. The molecule has 12 heavy (non-hydrogen) atoms. The van der Waals surface area contributed by atoms with Crippen LogP contribution in [0.5, 0.6) is 0 Å². The maximum absolute atomic E-state index is 5.86. The topological polar surface area (TPSA) is 56.7 Å². The van der Waals surface area contributed by atoms with Gasteiger partial charge in [0, 0.05) is 6.54 Å². The number of aromatic nitrogens is 3. The molecule has 0 aromatic carbocycles. The first-order chi connectivity index (χ1) is 5.70. The summed E-state index contributed by atoms with van der Waals surface area (Å²) in [7, 11) is 0. The molecule has 0 saturated heterocycles. The van der Waals surface area contributed by atoms with Gasteiger partial charge in [-0.05, 0) is 20.3 Å². The van der Waals surface area contributed by atoms with E-state index in [1.165, 1.54) is 0 Å². The third-order valence-corrected chi connectivity index (χ3v) is 2.05. The molecule has 0 aliphatic carbocycles. The van der Waals surface area contributed by atoms with Crippen LogP contribution in [0.15, 0.2) is 0 Å². The van der Waals surface area contributed by atoms with Crippen molar-refractivity contribution < 1.29 is 0 Å². The molecular formula is C8H16N4. The van der Waals surface area contributed by atoms with Crippen LogP contribution < -0.4 is 5.73 Å². The Morgan fingerprint density at radius 2 is 2.08 bits per heavy atom. The number of hydrogen-bond donors (Lipinski definition) is 1. The molecule has 0 aliphatic rings. The molecule has 0 spiro atoms. The zero-order valence-corrected chi connectivity index (χ0v) is 7.91. The summed E-state index contributed by atoms with van der Waals surface area (Å²) in [4.78, 5) is 0. The molecular weight excluding hydrogens is 152 g/mol. The van der Waals surface area contributed by atoms with E-state index in [2.05, 4.69) is 24.0 Å². The highest BCUT2D eigenvalue weighted by Crippen LogP contribution is 2.11. The van der Waals surface area contributed by atoms with Crippen LogP contribution >= 0.6 is 0 Å². The van der Waals surface area contributed by atoms with Crippen LogP contribution in [-0.2, 0) is 6.54 Å². The van der Waals surface area contributed by atoms with E-state index in [1.54, 1.807) is 0 Å². The first-order valence-corrected chi connectivity index (χ1v) is 4.36. The molecule has 0 fully saturated rings. The lowest BCUT2D eigenvalue weighted by molar-refractivity contribution is 0.582. The van der Waals surface area contributed by atoms with Gasteiger partial charge in [-0.25, -0.2) is 0 Å². The quantitative estimate of drug-likeness (QED) is 0.733. The molecule has 1 atom stereocenters. The summed E-state index contributed by atoms with van der Waals surface area (Å²) in [6, 6.07) is 0.0196. The number of nitrogens with zero attached hydrogens (tertiary/aromatic N) is 3. The summed E-state index contributed by atoms with van der Waals surface area (Å²) in [5.74, 6) is 1.84. The summed E-state index contributed by atoms with van der Waals surface area (Å²) in [5, 5.41) is 8.03. The van der Waals surface area contributed by atoms with Gasteiger partial charge in [0.2, 0.25) is 0 Å². The number of rotatable bonds is 3. The van der Waals surface area contributed by atoms with E-state index in [4.69, 9.17) is 5.73 Å². The summed E-state index contributed by atoms with van der Waals surface area (Å²) >= 11 is 0. The zero-order valence-electron chi connectivity index (χ0n) is 7.91. The number of nitrogens with two attached hydrogens (primary N) is 1. The Bertz CT molecular complexity index is 254. The summed E-state index contributed by atoms with van der Waals surface area (Å²) < 4.78 is 2.05. The molecule has 0 aliphatic heterocycles. The van der Waals surface area contributed by atoms with Crippen molar-refractivity contribution in [2.45, 2.75) is 39.8 Å². The lowest BCUT2D eigenvalue weighted by atomic mass is 10.2. The maximum atomic E-state index is 5.86. The standard InChI is InChI=1S/C8H16N4/c1-4-7(9)8-11-10-6(3)12(8)5-2/h7H,4-5,9H2,1-3H3/t7-/m0/s1. The highest BCUT2D eigenvalue weighted by molar-refractivity contribution is 4.98. The van der Waals surface area contributed by atoms with Crippen molar-refractivity contribution >= 4 is 0 Å². The molecule has 2 N–H and O–H groups in total. The molecule has 68 valence electrons. The van der Waals surface area contributed by atoms with Gasteiger partial charge in [-0.2, -0.15) is 0 Å². The lowest BCUT2D eigenvalue weighted by Crippen LogP contribution is -2.15. The van der Waals surface area contributed by atoms with Gasteiger partial charge in [-0.15, -0.1) is 10.2 Å². The van der Waals surface area contributed by atoms with E-state index < -0.39 is 0 Å². The van der Waals surface area contributed by atoms with Crippen molar-refractivity contribution in [3.05, 3.63) is 11.6 Å². The van der Waals surface area contributed by atoms with Crippen molar-refractivity contribution in [2.24, 2.45) is 5.73 Å². The fourth-order valence-electron chi connectivity index (χ4n) is 1.25. The third kappa shape index (κ3) is 1.48. The van der Waals surface area contributed by atoms with E-state index in [9.17, 15) is 0 Å². The average molecular weight is 168 g/mol. The Morgan fingerprint density at radius 3 is 2.58 bits per heavy atom. The van der Waals surface area contributed by atoms with Crippen LogP contribution in [0.25, 0.3) is 0 Å². The molecule has 4 heteroatoms. The molecule has 0 unspecified atom stereocenters. The Morgan fingerprint density at radius 1 is 1.42 bits per heavy atom. The van der Waals surface area contributed by atoms with Crippen molar-refractivity contribution in [3.63, 3.8) is 0 Å². The van der Waals surface area contributed by atoms with Gasteiger partial charge < -0.3 is 10.3 Å². The summed E-state index contributed by atoms with van der Waals surface area (Å²) in [6.45, 7) is 6.96. The van der Waals surface area contributed by atoms with E-state index in [0.29, 0.717) is 0 Å². The van der Waals surface area contributed by atoms with Crippen LogP contribution in [-0.4, -0.2) is 14.8 Å². The molecule has 0 radical (unpaired) electrons. The fraction of sp³-hybridized carbons (Fsp3) is 0.750. The minimum absolute atomic E-state index is 0.0196. The normalized spacial score (nSPS) is 13.3. The smallest absolute Gasteiger partial charge is 0.149 e. The molecule has 1 rings (SSSR count). The van der Waals surface area contributed by atoms with Crippen molar-refractivity contribution in [3.8, 4) is 0 Å². The van der Waals surface area contributed by atoms with Crippen LogP contribution in [0, 0.1) is 6.92 Å². The predicted octanol–water partition coefficient (Wildman–Crippen LogP) is 1.02. The third-order valence-electron chi connectivity index (χ3n) is 2.05. The molecule has 1 aromatic rings. The van der Waals surface area contributed by atoms with Crippen molar-refractivity contribution in [2.75, 3.05) is 0 Å². The molecule has 0 bridgehead atoms. The zero-order chi connectivity index (χ0) is 9.14. The highest BCUT2D eigenvalue weighted by atomic mass is 15.3. The summed E-state index contributed by atoms with van der Waals surface area (Å²) in [6.07, 6.45) is 0.901. The predicted molar refractivity (Wildman–Crippen MR) is 47.7 cm³/mol. The second kappa shape index (κ2) is 3.67. The second-order valence-corrected chi connectivity index (χ2v) is 2.86. The van der Waals surface area contributed by atoms with E-state index >= 15 is 0 Å². The maximum Gasteiger partial charge on any atom is 0.149 e. The van der Waals surface area contributed by atoms with Gasteiger partial charge in [-0.3, -0.25) is 0 Å². The molecule has 1 aromatic heterocycles. The monoisotopic (exact) mass is 168 g/mol. The summed E-state index contributed by atoms with van der Waals surface area (Å²) in [5.41, 5.74) is 5.86. The Hall–Kier alpha value is -0.900. The second-order valence-electron chi connectivity index (χ2n) is 2.86. The van der Waals surface area contributed by atoms with Crippen molar-refractivity contribution in [1.82, 2.24) is 14.8 Å². The molecule has 1 heterocycles. The van der Waals surface area contributed by atoms with Gasteiger partial charge in [-0.1, -0.05) is 6.92 Å². The van der Waals surface area contributed by atoms with Crippen LogP contribution in [0.3, 0.4) is 0 Å². The van der Waals surface area contributed by atoms with Gasteiger partial charge in [0.25, 0.3) is 0 Å². The van der Waals surface area contributed by atoms with E-state index in [0.717, 1.165) is 24.6 Å². The number of hydrogen-bond acceptors (Lipinski definition) is 3. The first-order valence-electron chi connectivity index (χ1n) is 4.36. The van der Waals surface area contributed by atoms with E-state index in [1.807, 2.05) is 11.5 Å². The van der Waals surface area contributed by atoms with Crippen LogP contribution in [0.4, 0.5) is 0 Å². The van der Waals surface area contributed by atoms with Gasteiger partial charge in [0.15, 0.2) is 0 Å². The Kier molecular flexibility index (Phi) is 2.81. The van der Waals surface area contributed by atoms with Crippen LogP contribution in [0.2, 0.25) is 0 Å². The highest BCUT2D eigenvalue weighted by Gasteiger charge is 2.12. The van der Waals surface area contributed by atoms with Crippen LogP contribution in [0.1, 0.15) is 38.0 Å². The van der Waals surface area contributed by atoms with E-state index in [-0.39, 0.29) is 6.04 Å². The average Bonchev–Trinajstić information content (AvgIpc) is 2.45. The fourth-order valence-corrected chi connectivity index (χ4v) is 1.25. The Balaban J connectivity index is 2.98.